The highest BCUT2D eigenvalue weighted by Gasteiger charge is 2.29. The van der Waals surface area contributed by atoms with Crippen molar-refractivity contribution in [3.63, 3.8) is 0 Å². The second-order valence-electron chi connectivity index (χ2n) is 5.86. The van der Waals surface area contributed by atoms with Crippen LogP contribution in [0.25, 0.3) is 0 Å². The lowest BCUT2D eigenvalue weighted by molar-refractivity contribution is 0.328. The summed E-state index contributed by atoms with van der Waals surface area (Å²) in [6, 6.07) is 11.8. The number of phenols is 1. The number of hydrogen-bond acceptors (Lipinski definition) is 4. The highest BCUT2D eigenvalue weighted by molar-refractivity contribution is 7.89. The highest BCUT2D eigenvalue weighted by Crippen LogP contribution is 2.36. The van der Waals surface area contributed by atoms with Gasteiger partial charge >= 0.3 is 0 Å². The third-order valence-electron chi connectivity index (χ3n) is 3.61. The van der Waals surface area contributed by atoms with Crippen molar-refractivity contribution in [3.8, 4) is 5.75 Å². The van der Waals surface area contributed by atoms with Gasteiger partial charge in [-0.15, -0.1) is 0 Å². The van der Waals surface area contributed by atoms with Gasteiger partial charge in [0.15, 0.2) is 5.75 Å². The van der Waals surface area contributed by atoms with Crippen LogP contribution >= 0.6 is 23.2 Å². The number of likely N-dealkylation sites (N-methyl/N-ethyl adjacent to an activating group) is 1. The van der Waals surface area contributed by atoms with Gasteiger partial charge in [0.05, 0.1) is 5.02 Å². The Labute approximate surface area is 158 Å². The van der Waals surface area contributed by atoms with E-state index in [-0.39, 0.29) is 28.0 Å². The Hall–Kier alpha value is -1.31. The normalized spacial score (nSPS) is 12.1. The zero-order valence-corrected chi connectivity index (χ0v) is 16.3. The van der Waals surface area contributed by atoms with E-state index >= 15 is 0 Å². The fourth-order valence-corrected chi connectivity index (χ4v) is 4.42. The molecule has 0 aliphatic rings. The van der Waals surface area contributed by atoms with Crippen LogP contribution in [0.15, 0.2) is 47.4 Å². The first-order valence-corrected chi connectivity index (χ1v) is 9.78. The smallest absolute Gasteiger partial charge is 0.247 e. The lowest BCUT2D eigenvalue weighted by Crippen LogP contribution is -2.36. The molecule has 0 fully saturated rings. The van der Waals surface area contributed by atoms with Crippen LogP contribution in [0.2, 0.25) is 10.0 Å². The van der Waals surface area contributed by atoms with Crippen LogP contribution < -0.4 is 0 Å². The van der Waals surface area contributed by atoms with E-state index in [0.29, 0.717) is 6.54 Å². The molecule has 0 aliphatic heterocycles. The molecule has 5 nitrogen and oxygen atoms in total. The number of phenolic OH excluding ortho intramolecular Hbond substituents is 1. The highest BCUT2D eigenvalue weighted by atomic mass is 35.5. The minimum atomic E-state index is -3.98. The van der Waals surface area contributed by atoms with E-state index in [1.165, 1.54) is 16.4 Å². The number of aromatic hydroxyl groups is 1. The lowest BCUT2D eigenvalue weighted by atomic mass is 10.2. The lowest BCUT2D eigenvalue weighted by Gasteiger charge is -2.24. The number of rotatable bonds is 7. The first kappa shape index (κ1) is 20.0. The van der Waals surface area contributed by atoms with E-state index in [9.17, 15) is 13.5 Å². The monoisotopic (exact) mass is 402 g/mol. The Morgan fingerprint density at radius 3 is 2.28 bits per heavy atom. The van der Waals surface area contributed by atoms with Crippen molar-refractivity contribution in [1.29, 1.82) is 0 Å². The third kappa shape index (κ3) is 5.09. The summed E-state index contributed by atoms with van der Waals surface area (Å²) in [6.45, 7) is 0.968. The molecule has 2 rings (SSSR count). The Bertz CT molecular complexity index is 827. The quantitative estimate of drug-likeness (QED) is 0.770. The van der Waals surface area contributed by atoms with Crippen LogP contribution in [0.3, 0.4) is 0 Å². The Kier molecular flexibility index (Phi) is 6.71. The maximum atomic E-state index is 13.1. The predicted octanol–water partition coefficient (Wildman–Crippen LogP) is 3.45. The van der Waals surface area contributed by atoms with Crippen LogP contribution in [0.1, 0.15) is 5.56 Å². The van der Waals surface area contributed by atoms with Crippen LogP contribution in [-0.2, 0) is 16.6 Å². The number of halogens is 2. The first-order chi connectivity index (χ1) is 11.7. The predicted molar refractivity (Wildman–Crippen MR) is 101 cm³/mol. The molecular weight excluding hydrogens is 383 g/mol. The molecule has 0 radical (unpaired) electrons. The second-order valence-corrected chi connectivity index (χ2v) is 8.61. The fraction of sp³-hybridized carbons (Fsp3) is 0.294. The molecule has 25 heavy (non-hydrogen) atoms. The van der Waals surface area contributed by atoms with E-state index < -0.39 is 15.8 Å². The number of hydrogen-bond donors (Lipinski definition) is 1. The second kappa shape index (κ2) is 8.38. The van der Waals surface area contributed by atoms with Gasteiger partial charge in [-0.2, -0.15) is 4.31 Å². The zero-order chi connectivity index (χ0) is 18.6. The molecule has 0 bridgehead atoms. The van der Waals surface area contributed by atoms with E-state index in [0.717, 1.165) is 5.56 Å². The molecule has 136 valence electrons. The van der Waals surface area contributed by atoms with Crippen molar-refractivity contribution >= 4 is 33.2 Å². The SMILES string of the molecule is CN(C)CCN(Cc1ccccc1)S(=O)(=O)c1cc(Cl)cc(Cl)c1O. The van der Waals surface area contributed by atoms with Gasteiger partial charge in [-0.1, -0.05) is 53.5 Å². The minimum Gasteiger partial charge on any atom is -0.505 e. The van der Waals surface area contributed by atoms with E-state index in [2.05, 4.69) is 0 Å². The maximum absolute atomic E-state index is 13.1. The fourth-order valence-electron chi connectivity index (χ4n) is 2.26. The molecule has 0 aliphatic carbocycles. The van der Waals surface area contributed by atoms with Crippen molar-refractivity contribution in [2.45, 2.75) is 11.4 Å². The number of sulfonamides is 1. The zero-order valence-electron chi connectivity index (χ0n) is 14.0. The molecule has 0 amide bonds. The van der Waals surface area contributed by atoms with Gasteiger partial charge in [0.2, 0.25) is 10.0 Å². The van der Waals surface area contributed by atoms with Gasteiger partial charge in [-0.3, -0.25) is 0 Å². The third-order valence-corrected chi connectivity index (χ3v) is 5.97. The summed E-state index contributed by atoms with van der Waals surface area (Å²) in [4.78, 5) is 1.60. The van der Waals surface area contributed by atoms with E-state index in [1.54, 1.807) is 0 Å². The van der Waals surface area contributed by atoms with Crippen molar-refractivity contribution in [1.82, 2.24) is 9.21 Å². The molecule has 0 heterocycles. The van der Waals surface area contributed by atoms with Crippen molar-refractivity contribution < 1.29 is 13.5 Å². The van der Waals surface area contributed by atoms with Crippen LogP contribution in [0.5, 0.6) is 5.75 Å². The summed E-state index contributed by atoms with van der Waals surface area (Å²) in [5.41, 5.74) is 0.845. The molecule has 0 atom stereocenters. The molecule has 0 spiro atoms. The van der Waals surface area contributed by atoms with Crippen LogP contribution in [0.4, 0.5) is 0 Å². The molecule has 0 aromatic heterocycles. The van der Waals surface area contributed by atoms with Crippen molar-refractivity contribution in [2.24, 2.45) is 0 Å². The number of nitrogens with zero attached hydrogens (tertiary/aromatic N) is 2. The maximum Gasteiger partial charge on any atom is 0.247 e. The molecule has 2 aromatic rings. The molecule has 8 heteroatoms. The average Bonchev–Trinajstić information content (AvgIpc) is 2.55. The Balaban J connectivity index is 2.44. The van der Waals surface area contributed by atoms with E-state index in [4.69, 9.17) is 23.2 Å². The van der Waals surface area contributed by atoms with Gasteiger partial charge in [-0.25, -0.2) is 8.42 Å². The summed E-state index contributed by atoms with van der Waals surface area (Å²) < 4.78 is 27.5. The molecule has 2 aromatic carbocycles. The van der Waals surface area contributed by atoms with E-state index in [1.807, 2.05) is 49.3 Å². The largest absolute Gasteiger partial charge is 0.505 e. The topological polar surface area (TPSA) is 60.9 Å². The van der Waals surface area contributed by atoms with Gasteiger partial charge in [-0.05, 0) is 31.8 Å². The minimum absolute atomic E-state index is 0.0988. The first-order valence-electron chi connectivity index (χ1n) is 7.58. The molecule has 0 saturated carbocycles. The van der Waals surface area contributed by atoms with Crippen molar-refractivity contribution in [3.05, 3.63) is 58.1 Å². The van der Waals surface area contributed by atoms with Crippen LogP contribution in [-0.4, -0.2) is 49.9 Å². The van der Waals surface area contributed by atoms with Gasteiger partial charge in [0.25, 0.3) is 0 Å². The van der Waals surface area contributed by atoms with Crippen molar-refractivity contribution in [2.75, 3.05) is 27.2 Å². The van der Waals surface area contributed by atoms with Gasteiger partial charge in [0, 0.05) is 24.7 Å². The molecule has 0 saturated heterocycles. The molecule has 0 unspecified atom stereocenters. The van der Waals surface area contributed by atoms with Gasteiger partial charge < -0.3 is 10.0 Å². The van der Waals surface area contributed by atoms with Crippen LogP contribution in [0, 0.1) is 0 Å². The molecular formula is C17H20Cl2N2O3S. The Morgan fingerprint density at radius 1 is 1.04 bits per heavy atom. The van der Waals surface area contributed by atoms with Gasteiger partial charge in [0.1, 0.15) is 4.90 Å². The Morgan fingerprint density at radius 2 is 1.68 bits per heavy atom. The summed E-state index contributed by atoms with van der Waals surface area (Å²) in [7, 11) is -0.259. The summed E-state index contributed by atoms with van der Waals surface area (Å²) >= 11 is 11.8. The summed E-state index contributed by atoms with van der Waals surface area (Å²) in [6.07, 6.45) is 0. The average molecular weight is 403 g/mol. The summed E-state index contributed by atoms with van der Waals surface area (Å²) in [5.74, 6) is -0.492. The summed E-state index contributed by atoms with van der Waals surface area (Å²) in [5, 5.41) is 10.2. The standard InChI is InChI=1S/C17H20Cl2N2O3S/c1-20(2)8-9-21(12-13-6-4-3-5-7-13)25(23,24)16-11-14(18)10-15(19)17(16)22/h3-7,10-11,22H,8-9,12H2,1-2H3. The molecule has 1 N–H and O–H groups in total. The number of benzene rings is 2.